The highest BCUT2D eigenvalue weighted by Crippen LogP contribution is 2.32. The Kier molecular flexibility index (Phi) is 2.48. The molecule has 0 amide bonds. The molecule has 14 heavy (non-hydrogen) atoms. The van der Waals surface area contributed by atoms with Crippen molar-refractivity contribution in [1.29, 1.82) is 0 Å². The lowest BCUT2D eigenvalue weighted by atomic mass is 10.2. The Morgan fingerprint density at radius 1 is 1.50 bits per heavy atom. The summed E-state index contributed by atoms with van der Waals surface area (Å²) in [5.41, 5.74) is 1.16. The number of hydrogen-bond donors (Lipinski definition) is 1. The van der Waals surface area contributed by atoms with E-state index in [1.807, 2.05) is 25.1 Å². The molecule has 0 saturated heterocycles. The molecule has 0 unspecified atom stereocenters. The molecule has 2 nitrogen and oxygen atoms in total. The van der Waals surface area contributed by atoms with E-state index in [0.29, 0.717) is 4.88 Å². The largest absolute Gasteiger partial charge is 0.477 e. The zero-order valence-electron chi connectivity index (χ0n) is 7.37. The van der Waals surface area contributed by atoms with Crippen molar-refractivity contribution in [3.8, 4) is 0 Å². The highest BCUT2D eigenvalue weighted by molar-refractivity contribution is 14.1. The third-order valence-corrected chi connectivity index (χ3v) is 4.62. The summed E-state index contributed by atoms with van der Waals surface area (Å²) in [6.07, 6.45) is 0. The van der Waals surface area contributed by atoms with Crippen molar-refractivity contribution in [3.63, 3.8) is 0 Å². The molecule has 1 aromatic heterocycles. The Morgan fingerprint density at radius 3 is 2.86 bits per heavy atom. The number of aryl methyl sites for hydroxylation is 1. The van der Waals surface area contributed by atoms with Crippen LogP contribution in [0.2, 0.25) is 0 Å². The maximum atomic E-state index is 10.9. The molecule has 1 heterocycles. The van der Waals surface area contributed by atoms with Gasteiger partial charge in [-0.2, -0.15) is 0 Å². The third-order valence-electron chi connectivity index (χ3n) is 1.98. The van der Waals surface area contributed by atoms with Crippen LogP contribution in [0.25, 0.3) is 10.1 Å². The van der Waals surface area contributed by atoms with Gasteiger partial charge in [0.2, 0.25) is 0 Å². The molecule has 0 bridgehead atoms. The number of carboxylic acids is 1. The standard InChI is InChI=1S/C10H7IO2S/c1-5-2-3-7-6(4-5)8(11)9(14-7)10(12)13/h2-4H,1H3,(H,12,13). The number of thiophene rings is 1. The summed E-state index contributed by atoms with van der Waals surface area (Å²) in [4.78, 5) is 11.3. The van der Waals surface area contributed by atoms with E-state index in [0.717, 1.165) is 19.2 Å². The molecule has 1 N–H and O–H groups in total. The van der Waals surface area contributed by atoms with E-state index in [1.54, 1.807) is 0 Å². The molecule has 0 aliphatic rings. The molecular weight excluding hydrogens is 311 g/mol. The normalized spacial score (nSPS) is 10.7. The van der Waals surface area contributed by atoms with Crippen LogP contribution in [0.4, 0.5) is 0 Å². The first kappa shape index (κ1) is 9.92. The summed E-state index contributed by atoms with van der Waals surface area (Å²) in [6.45, 7) is 2.01. The van der Waals surface area contributed by atoms with Gasteiger partial charge in [0.25, 0.3) is 0 Å². The van der Waals surface area contributed by atoms with Gasteiger partial charge < -0.3 is 5.11 Å². The average molecular weight is 318 g/mol. The number of carbonyl (C=O) groups is 1. The highest BCUT2D eigenvalue weighted by Gasteiger charge is 2.15. The monoisotopic (exact) mass is 318 g/mol. The van der Waals surface area contributed by atoms with Crippen molar-refractivity contribution in [2.45, 2.75) is 6.92 Å². The number of aromatic carboxylic acids is 1. The predicted octanol–water partition coefficient (Wildman–Crippen LogP) is 3.51. The van der Waals surface area contributed by atoms with Gasteiger partial charge in [-0.05, 0) is 41.6 Å². The van der Waals surface area contributed by atoms with Gasteiger partial charge in [-0.1, -0.05) is 11.6 Å². The summed E-state index contributed by atoms with van der Waals surface area (Å²) in [7, 11) is 0. The molecule has 72 valence electrons. The van der Waals surface area contributed by atoms with Gasteiger partial charge >= 0.3 is 5.97 Å². The zero-order valence-corrected chi connectivity index (χ0v) is 10.3. The van der Waals surface area contributed by atoms with Crippen molar-refractivity contribution < 1.29 is 9.90 Å². The Labute approximate surface area is 98.7 Å². The maximum absolute atomic E-state index is 10.9. The molecule has 4 heteroatoms. The van der Waals surface area contributed by atoms with Crippen LogP contribution in [0.5, 0.6) is 0 Å². The Balaban J connectivity index is 2.80. The van der Waals surface area contributed by atoms with Crippen LogP contribution in [-0.4, -0.2) is 11.1 Å². The summed E-state index contributed by atoms with van der Waals surface area (Å²) >= 11 is 3.43. The topological polar surface area (TPSA) is 37.3 Å². The van der Waals surface area contributed by atoms with Crippen LogP contribution >= 0.6 is 33.9 Å². The van der Waals surface area contributed by atoms with Crippen LogP contribution in [0.1, 0.15) is 15.2 Å². The number of fused-ring (bicyclic) bond motifs is 1. The molecular formula is C10H7IO2S. The Bertz CT molecular complexity index is 516. The van der Waals surface area contributed by atoms with E-state index >= 15 is 0 Å². The number of carboxylic acid groups (broad SMARTS) is 1. The fraction of sp³-hybridized carbons (Fsp3) is 0.100. The van der Waals surface area contributed by atoms with Crippen LogP contribution < -0.4 is 0 Å². The minimum absolute atomic E-state index is 0.436. The van der Waals surface area contributed by atoms with Gasteiger partial charge in [-0.3, -0.25) is 0 Å². The molecule has 0 atom stereocenters. The lowest BCUT2D eigenvalue weighted by molar-refractivity contribution is 0.0701. The van der Waals surface area contributed by atoms with Crippen molar-refractivity contribution >= 4 is 50.0 Å². The van der Waals surface area contributed by atoms with E-state index in [2.05, 4.69) is 22.6 Å². The van der Waals surface area contributed by atoms with Crippen LogP contribution in [0, 0.1) is 10.5 Å². The second kappa shape index (κ2) is 3.51. The van der Waals surface area contributed by atoms with Crippen molar-refractivity contribution in [2.24, 2.45) is 0 Å². The van der Waals surface area contributed by atoms with Crippen molar-refractivity contribution in [1.82, 2.24) is 0 Å². The second-order valence-electron chi connectivity index (χ2n) is 3.05. The number of halogens is 1. The number of rotatable bonds is 1. The highest BCUT2D eigenvalue weighted by atomic mass is 127. The lowest BCUT2D eigenvalue weighted by Gasteiger charge is -1.92. The molecule has 2 aromatic rings. The summed E-state index contributed by atoms with van der Waals surface area (Å²) in [5.74, 6) is -0.840. The summed E-state index contributed by atoms with van der Waals surface area (Å²) in [6, 6.07) is 6.00. The second-order valence-corrected chi connectivity index (χ2v) is 5.18. The quantitative estimate of drug-likeness (QED) is 0.817. The molecule has 0 aliphatic carbocycles. The summed E-state index contributed by atoms with van der Waals surface area (Å²) in [5, 5.41) is 9.99. The van der Waals surface area contributed by atoms with E-state index in [4.69, 9.17) is 5.11 Å². The molecule has 1 aromatic carbocycles. The van der Waals surface area contributed by atoms with Gasteiger partial charge in [-0.15, -0.1) is 11.3 Å². The van der Waals surface area contributed by atoms with Gasteiger partial charge in [-0.25, -0.2) is 4.79 Å². The van der Waals surface area contributed by atoms with Gasteiger partial charge in [0.15, 0.2) is 0 Å². The molecule has 0 fully saturated rings. The lowest BCUT2D eigenvalue weighted by Crippen LogP contribution is -1.93. The van der Waals surface area contributed by atoms with E-state index in [9.17, 15) is 4.79 Å². The molecule has 0 saturated carbocycles. The zero-order chi connectivity index (χ0) is 10.3. The van der Waals surface area contributed by atoms with Crippen LogP contribution in [-0.2, 0) is 0 Å². The third kappa shape index (κ3) is 1.52. The molecule has 0 radical (unpaired) electrons. The number of benzene rings is 1. The van der Waals surface area contributed by atoms with Crippen molar-refractivity contribution in [2.75, 3.05) is 0 Å². The van der Waals surface area contributed by atoms with E-state index < -0.39 is 5.97 Å². The van der Waals surface area contributed by atoms with E-state index in [1.165, 1.54) is 11.3 Å². The smallest absolute Gasteiger partial charge is 0.347 e. The number of hydrogen-bond acceptors (Lipinski definition) is 2. The predicted molar refractivity (Wildman–Crippen MR) is 66.2 cm³/mol. The molecule has 0 aliphatic heterocycles. The first-order valence-corrected chi connectivity index (χ1v) is 5.91. The van der Waals surface area contributed by atoms with Crippen LogP contribution in [0.3, 0.4) is 0 Å². The first-order chi connectivity index (χ1) is 6.59. The molecule has 0 spiro atoms. The Morgan fingerprint density at radius 2 is 2.21 bits per heavy atom. The molecule has 2 rings (SSSR count). The van der Waals surface area contributed by atoms with E-state index in [-0.39, 0.29) is 0 Å². The average Bonchev–Trinajstić information content (AvgIpc) is 2.44. The summed E-state index contributed by atoms with van der Waals surface area (Å²) < 4.78 is 1.89. The van der Waals surface area contributed by atoms with Gasteiger partial charge in [0.1, 0.15) is 4.88 Å². The minimum atomic E-state index is -0.840. The SMILES string of the molecule is Cc1ccc2sc(C(=O)O)c(I)c2c1. The van der Waals surface area contributed by atoms with Gasteiger partial charge in [0, 0.05) is 13.7 Å². The minimum Gasteiger partial charge on any atom is -0.477 e. The Hall–Kier alpha value is -0.620. The fourth-order valence-electron chi connectivity index (χ4n) is 1.32. The first-order valence-electron chi connectivity index (χ1n) is 4.01. The van der Waals surface area contributed by atoms with Crippen molar-refractivity contribution in [3.05, 3.63) is 32.2 Å². The fourth-order valence-corrected chi connectivity index (χ4v) is 3.42. The van der Waals surface area contributed by atoms with Crippen LogP contribution in [0.15, 0.2) is 18.2 Å². The maximum Gasteiger partial charge on any atom is 0.347 e. The van der Waals surface area contributed by atoms with Gasteiger partial charge in [0.05, 0.1) is 0 Å².